The highest BCUT2D eigenvalue weighted by Crippen LogP contribution is 2.47. The molecule has 0 saturated heterocycles. The third kappa shape index (κ3) is 3.51. The number of ether oxygens (including phenoxy) is 1. The number of Topliss-reactive ketones (excluding diaryl/α,β-unsaturated/α-hetero) is 1. The minimum absolute atomic E-state index is 0.0330. The molecule has 118 valence electrons. The summed E-state index contributed by atoms with van der Waals surface area (Å²) in [5, 5.41) is 4.42. The molecule has 0 spiro atoms. The summed E-state index contributed by atoms with van der Waals surface area (Å²) < 4.78 is 5.85. The van der Waals surface area contributed by atoms with Crippen LogP contribution >= 0.6 is 11.3 Å². The van der Waals surface area contributed by atoms with E-state index in [-0.39, 0.29) is 17.8 Å². The molecule has 2 atom stereocenters. The Labute approximate surface area is 131 Å². The number of nitrogens with two attached hydrogens (primary N) is 1. The van der Waals surface area contributed by atoms with E-state index >= 15 is 0 Å². The smallest absolute Gasteiger partial charge is 0.177 e. The SMILES string of the molecule is CCC1CC1Nc1sc(C(=O)C(C)C)c(N)c1OC(C)C. The van der Waals surface area contributed by atoms with E-state index < -0.39 is 0 Å². The Morgan fingerprint density at radius 2 is 2.10 bits per heavy atom. The number of thiophene rings is 1. The van der Waals surface area contributed by atoms with Crippen LogP contribution in [0, 0.1) is 11.8 Å². The molecule has 1 aliphatic rings. The van der Waals surface area contributed by atoms with Crippen LogP contribution in [-0.4, -0.2) is 17.9 Å². The molecule has 5 heteroatoms. The van der Waals surface area contributed by atoms with Gasteiger partial charge in [0.1, 0.15) is 5.00 Å². The van der Waals surface area contributed by atoms with Crippen molar-refractivity contribution in [1.29, 1.82) is 0 Å². The molecule has 1 saturated carbocycles. The van der Waals surface area contributed by atoms with E-state index in [2.05, 4.69) is 12.2 Å². The maximum Gasteiger partial charge on any atom is 0.177 e. The number of ketones is 1. The standard InChI is InChI=1S/C16H26N2O2S/c1-6-10-7-11(10)18-16-14(20-9(4)5)12(17)15(21-16)13(19)8(2)3/h8-11,18H,6-7,17H2,1-5H3. The van der Waals surface area contributed by atoms with Gasteiger partial charge in [0.25, 0.3) is 0 Å². The summed E-state index contributed by atoms with van der Waals surface area (Å²) in [4.78, 5) is 12.9. The van der Waals surface area contributed by atoms with Crippen LogP contribution in [0.5, 0.6) is 5.75 Å². The van der Waals surface area contributed by atoms with Crippen LogP contribution in [0.3, 0.4) is 0 Å². The molecule has 0 aliphatic heterocycles. The lowest BCUT2D eigenvalue weighted by atomic mass is 10.1. The van der Waals surface area contributed by atoms with Gasteiger partial charge in [-0.1, -0.05) is 27.2 Å². The fourth-order valence-corrected chi connectivity index (χ4v) is 3.57. The summed E-state index contributed by atoms with van der Waals surface area (Å²) in [7, 11) is 0. The zero-order valence-electron chi connectivity index (χ0n) is 13.5. The zero-order chi connectivity index (χ0) is 15.7. The van der Waals surface area contributed by atoms with Crippen molar-refractivity contribution in [3.63, 3.8) is 0 Å². The van der Waals surface area contributed by atoms with Crippen LogP contribution in [-0.2, 0) is 0 Å². The Balaban J connectivity index is 2.28. The first-order chi connectivity index (χ1) is 9.85. The number of anilines is 2. The third-order valence-corrected chi connectivity index (χ3v) is 4.90. The summed E-state index contributed by atoms with van der Waals surface area (Å²) >= 11 is 1.43. The molecule has 21 heavy (non-hydrogen) atoms. The first-order valence-corrected chi connectivity index (χ1v) is 8.56. The minimum Gasteiger partial charge on any atom is -0.486 e. The molecule has 2 rings (SSSR count). The second-order valence-electron chi connectivity index (χ2n) is 6.34. The summed E-state index contributed by atoms with van der Waals surface area (Å²) in [6.07, 6.45) is 2.39. The van der Waals surface area contributed by atoms with E-state index in [0.717, 1.165) is 10.9 Å². The molecule has 0 amide bonds. The maximum atomic E-state index is 12.3. The average Bonchev–Trinajstić information content (AvgIpc) is 3.10. The van der Waals surface area contributed by atoms with Crippen LogP contribution in [0.25, 0.3) is 0 Å². The summed E-state index contributed by atoms with van der Waals surface area (Å²) in [5.74, 6) is 1.40. The van der Waals surface area contributed by atoms with Gasteiger partial charge in [-0.25, -0.2) is 0 Å². The molecule has 0 radical (unpaired) electrons. The van der Waals surface area contributed by atoms with Gasteiger partial charge in [0.05, 0.1) is 16.7 Å². The van der Waals surface area contributed by atoms with Crippen LogP contribution < -0.4 is 15.8 Å². The Hall–Kier alpha value is -1.23. The quantitative estimate of drug-likeness (QED) is 0.742. The highest BCUT2D eigenvalue weighted by atomic mass is 32.1. The Morgan fingerprint density at radius 1 is 1.43 bits per heavy atom. The van der Waals surface area contributed by atoms with Crippen molar-refractivity contribution in [2.45, 2.75) is 59.6 Å². The first kappa shape index (κ1) is 16.1. The van der Waals surface area contributed by atoms with Crippen molar-refractivity contribution in [3.8, 4) is 5.75 Å². The van der Waals surface area contributed by atoms with E-state index in [1.165, 1.54) is 24.2 Å². The maximum absolute atomic E-state index is 12.3. The van der Waals surface area contributed by atoms with Gasteiger partial charge in [-0.15, -0.1) is 11.3 Å². The summed E-state index contributed by atoms with van der Waals surface area (Å²) in [6.45, 7) is 9.93. The largest absolute Gasteiger partial charge is 0.486 e. The lowest BCUT2D eigenvalue weighted by molar-refractivity contribution is 0.0944. The van der Waals surface area contributed by atoms with Gasteiger partial charge in [0.15, 0.2) is 11.5 Å². The molecule has 1 aliphatic carbocycles. The molecule has 3 N–H and O–H groups in total. The Kier molecular flexibility index (Phi) is 4.81. The molecule has 4 nitrogen and oxygen atoms in total. The molecule has 0 aromatic carbocycles. The lowest BCUT2D eigenvalue weighted by Crippen LogP contribution is -2.11. The first-order valence-electron chi connectivity index (χ1n) is 7.74. The molecule has 1 heterocycles. The van der Waals surface area contributed by atoms with Crippen molar-refractivity contribution in [2.75, 3.05) is 11.1 Å². The van der Waals surface area contributed by atoms with Crippen molar-refractivity contribution < 1.29 is 9.53 Å². The lowest BCUT2D eigenvalue weighted by Gasteiger charge is -2.12. The third-order valence-electron chi connectivity index (χ3n) is 3.76. The van der Waals surface area contributed by atoms with Crippen molar-refractivity contribution in [3.05, 3.63) is 4.88 Å². The van der Waals surface area contributed by atoms with Gasteiger partial charge in [-0.3, -0.25) is 4.79 Å². The fraction of sp³-hybridized carbons (Fsp3) is 0.688. The Bertz CT molecular complexity index is 523. The van der Waals surface area contributed by atoms with E-state index in [1.54, 1.807) is 0 Å². The molecule has 1 aromatic heterocycles. The van der Waals surface area contributed by atoms with Crippen LogP contribution in [0.1, 0.15) is 57.1 Å². The fourth-order valence-electron chi connectivity index (χ4n) is 2.37. The summed E-state index contributed by atoms with van der Waals surface area (Å²) in [6, 6.07) is 0.490. The zero-order valence-corrected chi connectivity index (χ0v) is 14.3. The van der Waals surface area contributed by atoms with Gasteiger partial charge in [-0.05, 0) is 26.2 Å². The second-order valence-corrected chi connectivity index (χ2v) is 7.36. The van der Waals surface area contributed by atoms with Crippen LogP contribution in [0.4, 0.5) is 10.7 Å². The normalized spacial score (nSPS) is 20.9. The number of carbonyl (C=O) groups excluding carboxylic acids is 1. The average molecular weight is 310 g/mol. The Morgan fingerprint density at radius 3 is 2.57 bits per heavy atom. The highest BCUT2D eigenvalue weighted by molar-refractivity contribution is 7.19. The number of nitrogen functional groups attached to an aromatic ring is 1. The van der Waals surface area contributed by atoms with Crippen LogP contribution in [0.2, 0.25) is 0 Å². The predicted molar refractivity (Wildman–Crippen MR) is 89.5 cm³/mol. The van der Waals surface area contributed by atoms with E-state index in [9.17, 15) is 4.79 Å². The van der Waals surface area contributed by atoms with Crippen molar-refractivity contribution >= 4 is 27.8 Å². The number of hydrogen-bond acceptors (Lipinski definition) is 5. The van der Waals surface area contributed by atoms with Crippen molar-refractivity contribution in [2.24, 2.45) is 11.8 Å². The monoisotopic (exact) mass is 310 g/mol. The minimum atomic E-state index is -0.0602. The van der Waals surface area contributed by atoms with Crippen LogP contribution in [0.15, 0.2) is 0 Å². The van der Waals surface area contributed by atoms with Gasteiger partial charge in [0, 0.05) is 12.0 Å². The summed E-state index contributed by atoms with van der Waals surface area (Å²) in [5.41, 5.74) is 6.67. The highest BCUT2D eigenvalue weighted by Gasteiger charge is 2.37. The topological polar surface area (TPSA) is 64.4 Å². The molecule has 0 bridgehead atoms. The predicted octanol–water partition coefficient (Wildman–Crippen LogP) is 4.17. The number of hydrogen-bond donors (Lipinski definition) is 2. The number of nitrogens with one attached hydrogen (secondary N) is 1. The van der Waals surface area contributed by atoms with Gasteiger partial charge >= 0.3 is 0 Å². The molecular formula is C16H26N2O2S. The van der Waals surface area contributed by atoms with E-state index in [4.69, 9.17) is 10.5 Å². The van der Waals surface area contributed by atoms with Gasteiger partial charge in [-0.2, -0.15) is 0 Å². The van der Waals surface area contributed by atoms with E-state index in [1.807, 2.05) is 27.7 Å². The van der Waals surface area contributed by atoms with E-state index in [0.29, 0.717) is 22.4 Å². The number of rotatable bonds is 7. The molecule has 1 aromatic rings. The molecule has 2 unspecified atom stereocenters. The van der Waals surface area contributed by atoms with Gasteiger partial charge < -0.3 is 15.8 Å². The number of carbonyl (C=O) groups is 1. The van der Waals surface area contributed by atoms with Crippen molar-refractivity contribution in [1.82, 2.24) is 0 Å². The van der Waals surface area contributed by atoms with Gasteiger partial charge in [0.2, 0.25) is 0 Å². The molecule has 1 fully saturated rings. The molecular weight excluding hydrogens is 284 g/mol. The second kappa shape index (κ2) is 6.26.